The molecule has 2 nitrogen and oxygen atoms in total. The largest absolute Gasteiger partial charge is 0.379 e. The van der Waals surface area contributed by atoms with Gasteiger partial charge in [0, 0.05) is 19.4 Å². The number of hydrogen-bond donors (Lipinski definition) is 0. The van der Waals surface area contributed by atoms with Crippen molar-refractivity contribution in [1.82, 2.24) is 0 Å². The molecule has 0 bridgehead atoms. The Balaban J connectivity index is 2.45. The summed E-state index contributed by atoms with van der Waals surface area (Å²) in [5.41, 5.74) is -0.134. The normalized spacial score (nSPS) is 24.9. The van der Waals surface area contributed by atoms with Gasteiger partial charge in [0.25, 0.3) is 0 Å². The molecule has 1 saturated carbocycles. The number of hydrogen-bond acceptors (Lipinski definition) is 2. The first-order valence-electron chi connectivity index (χ1n) is 4.63. The van der Waals surface area contributed by atoms with E-state index in [1.54, 1.807) is 7.11 Å². The molecule has 2 heteroatoms. The summed E-state index contributed by atoms with van der Waals surface area (Å²) >= 11 is 0. The van der Waals surface area contributed by atoms with E-state index in [4.69, 9.17) is 4.74 Å². The molecule has 0 aromatic rings. The van der Waals surface area contributed by atoms with E-state index in [2.05, 4.69) is 0 Å². The summed E-state index contributed by atoms with van der Waals surface area (Å²) in [4.78, 5) is 11.3. The van der Waals surface area contributed by atoms with Crippen molar-refractivity contribution in [3.63, 3.8) is 0 Å². The second-order valence-electron chi connectivity index (χ2n) is 4.22. The number of carbonyl (C=O) groups is 1. The molecular formula is C10H18O2. The predicted octanol–water partition coefficient (Wildman–Crippen LogP) is 2.17. The molecule has 0 aromatic heterocycles. The fourth-order valence-corrected chi connectivity index (χ4v) is 1.78. The van der Waals surface area contributed by atoms with Gasteiger partial charge < -0.3 is 4.74 Å². The maximum absolute atomic E-state index is 11.3. The fourth-order valence-electron chi connectivity index (χ4n) is 1.78. The molecule has 0 N–H and O–H groups in total. The van der Waals surface area contributed by atoms with Crippen LogP contribution in [0.25, 0.3) is 0 Å². The first-order chi connectivity index (χ1) is 5.55. The highest BCUT2D eigenvalue weighted by Gasteiger charge is 2.30. The first kappa shape index (κ1) is 9.72. The molecule has 0 radical (unpaired) electrons. The minimum Gasteiger partial charge on any atom is -0.379 e. The SMILES string of the molecule is COC(C)(C)CC1CCCC1=O. The van der Waals surface area contributed by atoms with E-state index in [9.17, 15) is 4.79 Å². The fraction of sp³-hybridized carbons (Fsp3) is 0.900. The van der Waals surface area contributed by atoms with Crippen molar-refractivity contribution in [2.24, 2.45) is 5.92 Å². The monoisotopic (exact) mass is 170 g/mol. The lowest BCUT2D eigenvalue weighted by Crippen LogP contribution is -2.27. The highest BCUT2D eigenvalue weighted by atomic mass is 16.5. The van der Waals surface area contributed by atoms with Crippen LogP contribution in [0.15, 0.2) is 0 Å². The maximum atomic E-state index is 11.3. The molecule has 0 aliphatic heterocycles. The zero-order valence-corrected chi connectivity index (χ0v) is 8.22. The van der Waals surface area contributed by atoms with E-state index >= 15 is 0 Å². The smallest absolute Gasteiger partial charge is 0.136 e. The minimum atomic E-state index is -0.134. The van der Waals surface area contributed by atoms with Gasteiger partial charge in [0.15, 0.2) is 0 Å². The number of carbonyl (C=O) groups excluding carboxylic acids is 1. The van der Waals surface area contributed by atoms with Gasteiger partial charge in [-0.05, 0) is 33.1 Å². The Morgan fingerprint density at radius 2 is 2.25 bits per heavy atom. The quantitative estimate of drug-likeness (QED) is 0.649. The third-order valence-electron chi connectivity index (χ3n) is 2.72. The van der Waals surface area contributed by atoms with Crippen molar-refractivity contribution in [2.75, 3.05) is 7.11 Å². The van der Waals surface area contributed by atoms with Crippen molar-refractivity contribution in [1.29, 1.82) is 0 Å². The number of Topliss-reactive ketones (excluding diaryl/α,β-unsaturated/α-hetero) is 1. The van der Waals surface area contributed by atoms with Gasteiger partial charge in [-0.25, -0.2) is 0 Å². The summed E-state index contributed by atoms with van der Waals surface area (Å²) in [5.74, 6) is 0.695. The molecule has 1 atom stereocenters. The Hall–Kier alpha value is -0.370. The Kier molecular flexibility index (Phi) is 2.89. The van der Waals surface area contributed by atoms with Crippen LogP contribution in [0, 0.1) is 5.92 Å². The lowest BCUT2D eigenvalue weighted by molar-refractivity contribution is -0.122. The van der Waals surface area contributed by atoms with Crippen LogP contribution in [0.2, 0.25) is 0 Å². The van der Waals surface area contributed by atoms with E-state index in [1.807, 2.05) is 13.8 Å². The topological polar surface area (TPSA) is 26.3 Å². The molecule has 0 heterocycles. The first-order valence-corrected chi connectivity index (χ1v) is 4.63. The molecule has 1 unspecified atom stereocenters. The summed E-state index contributed by atoms with van der Waals surface area (Å²) < 4.78 is 5.30. The molecule has 1 rings (SSSR count). The van der Waals surface area contributed by atoms with Crippen LogP contribution < -0.4 is 0 Å². The van der Waals surface area contributed by atoms with Crippen LogP contribution in [0.1, 0.15) is 39.5 Å². The van der Waals surface area contributed by atoms with Gasteiger partial charge in [0.05, 0.1) is 5.60 Å². The average Bonchev–Trinajstić information content (AvgIpc) is 2.36. The second-order valence-corrected chi connectivity index (χ2v) is 4.22. The van der Waals surface area contributed by atoms with Crippen molar-refractivity contribution in [3.05, 3.63) is 0 Å². The van der Waals surface area contributed by atoms with Gasteiger partial charge in [0.2, 0.25) is 0 Å². The summed E-state index contributed by atoms with van der Waals surface area (Å²) in [7, 11) is 1.71. The number of ketones is 1. The molecule has 12 heavy (non-hydrogen) atoms. The van der Waals surface area contributed by atoms with E-state index in [0.717, 1.165) is 25.7 Å². The Morgan fingerprint density at radius 3 is 2.67 bits per heavy atom. The lowest BCUT2D eigenvalue weighted by atomic mass is 9.92. The van der Waals surface area contributed by atoms with Crippen LogP contribution in [0.3, 0.4) is 0 Å². The molecule has 1 aliphatic rings. The molecular weight excluding hydrogens is 152 g/mol. The zero-order chi connectivity index (χ0) is 9.19. The van der Waals surface area contributed by atoms with Crippen molar-refractivity contribution >= 4 is 5.78 Å². The van der Waals surface area contributed by atoms with Gasteiger partial charge in [-0.3, -0.25) is 4.79 Å². The van der Waals surface area contributed by atoms with Gasteiger partial charge in [-0.2, -0.15) is 0 Å². The van der Waals surface area contributed by atoms with E-state index in [1.165, 1.54) is 0 Å². The highest BCUT2D eigenvalue weighted by molar-refractivity contribution is 5.82. The molecule has 1 aliphatic carbocycles. The third kappa shape index (κ3) is 2.31. The number of ether oxygens (including phenoxy) is 1. The Labute approximate surface area is 74.3 Å². The van der Waals surface area contributed by atoms with Gasteiger partial charge >= 0.3 is 0 Å². The Morgan fingerprint density at radius 1 is 1.58 bits per heavy atom. The standard InChI is InChI=1S/C10H18O2/c1-10(2,12-3)7-8-5-4-6-9(8)11/h8H,4-7H2,1-3H3. The second kappa shape index (κ2) is 3.56. The van der Waals surface area contributed by atoms with Crippen molar-refractivity contribution < 1.29 is 9.53 Å². The Bertz CT molecular complexity index is 173. The molecule has 0 aromatic carbocycles. The van der Waals surface area contributed by atoms with Gasteiger partial charge in [-0.1, -0.05) is 0 Å². The van der Waals surface area contributed by atoms with Crippen molar-refractivity contribution in [2.45, 2.75) is 45.1 Å². The van der Waals surface area contributed by atoms with Crippen LogP contribution in [-0.2, 0) is 9.53 Å². The molecule has 0 spiro atoms. The summed E-state index contributed by atoms with van der Waals surface area (Å²) in [6.07, 6.45) is 3.79. The predicted molar refractivity (Wildman–Crippen MR) is 48.1 cm³/mol. The third-order valence-corrected chi connectivity index (χ3v) is 2.72. The van der Waals surface area contributed by atoms with Crippen LogP contribution >= 0.6 is 0 Å². The summed E-state index contributed by atoms with van der Waals surface area (Å²) in [5, 5.41) is 0. The molecule has 0 amide bonds. The van der Waals surface area contributed by atoms with E-state index in [0.29, 0.717) is 5.78 Å². The average molecular weight is 170 g/mol. The van der Waals surface area contributed by atoms with Crippen LogP contribution in [0.5, 0.6) is 0 Å². The molecule has 1 fully saturated rings. The minimum absolute atomic E-state index is 0.134. The van der Waals surface area contributed by atoms with Gasteiger partial charge in [-0.15, -0.1) is 0 Å². The molecule has 70 valence electrons. The van der Waals surface area contributed by atoms with Crippen LogP contribution in [-0.4, -0.2) is 18.5 Å². The van der Waals surface area contributed by atoms with E-state index < -0.39 is 0 Å². The number of rotatable bonds is 3. The van der Waals surface area contributed by atoms with E-state index in [-0.39, 0.29) is 11.5 Å². The summed E-state index contributed by atoms with van der Waals surface area (Å²) in [6.45, 7) is 4.08. The summed E-state index contributed by atoms with van der Waals surface area (Å²) in [6, 6.07) is 0. The van der Waals surface area contributed by atoms with Crippen molar-refractivity contribution in [3.8, 4) is 0 Å². The zero-order valence-electron chi connectivity index (χ0n) is 8.22. The van der Waals surface area contributed by atoms with Gasteiger partial charge in [0.1, 0.15) is 5.78 Å². The lowest BCUT2D eigenvalue weighted by Gasteiger charge is -2.25. The highest BCUT2D eigenvalue weighted by Crippen LogP contribution is 2.30. The number of methoxy groups -OCH3 is 1. The maximum Gasteiger partial charge on any atom is 0.136 e. The molecule has 0 saturated heterocycles. The van der Waals surface area contributed by atoms with Crippen LogP contribution in [0.4, 0.5) is 0 Å².